The first kappa shape index (κ1) is 25.7. The maximum Gasteiger partial charge on any atom is 0.304 e. The lowest BCUT2D eigenvalue weighted by Crippen LogP contribution is -2.53. The smallest absolute Gasteiger partial charge is 0.304 e. The second kappa shape index (κ2) is 10.1. The third kappa shape index (κ3) is 5.12. The van der Waals surface area contributed by atoms with Crippen LogP contribution in [0, 0.1) is 5.41 Å². The molecule has 37 heavy (non-hydrogen) atoms. The number of hydrogen-bond donors (Lipinski definition) is 1. The van der Waals surface area contributed by atoms with Gasteiger partial charge >= 0.3 is 5.97 Å². The molecule has 0 spiro atoms. The van der Waals surface area contributed by atoms with Gasteiger partial charge in [0.15, 0.2) is 5.82 Å². The van der Waals surface area contributed by atoms with E-state index in [4.69, 9.17) is 27.7 Å². The van der Waals surface area contributed by atoms with Gasteiger partial charge in [-0.2, -0.15) is 4.98 Å². The van der Waals surface area contributed by atoms with Crippen molar-refractivity contribution in [2.45, 2.75) is 69.9 Å². The third-order valence-corrected chi connectivity index (χ3v) is 8.03. The van der Waals surface area contributed by atoms with Gasteiger partial charge in [-0.05, 0) is 61.1 Å². The Morgan fingerprint density at radius 2 is 1.89 bits per heavy atom. The molecule has 3 aromatic rings. The molecule has 0 unspecified atom stereocenters. The molecule has 1 amide bonds. The van der Waals surface area contributed by atoms with Crippen molar-refractivity contribution in [2.24, 2.45) is 5.41 Å². The van der Waals surface area contributed by atoms with Crippen LogP contribution in [0.5, 0.6) is 0 Å². The Labute approximate surface area is 225 Å². The van der Waals surface area contributed by atoms with Gasteiger partial charge in [-0.15, -0.1) is 0 Å². The number of carbonyl (C=O) groups excluding carboxylic acids is 1. The van der Waals surface area contributed by atoms with Crippen molar-refractivity contribution >= 4 is 35.1 Å². The highest BCUT2D eigenvalue weighted by atomic mass is 35.5. The number of aliphatic carboxylic acids is 1. The van der Waals surface area contributed by atoms with Crippen LogP contribution in [-0.4, -0.2) is 32.0 Å². The monoisotopic (exact) mass is 541 g/mol. The molecule has 2 fully saturated rings. The first-order valence-corrected chi connectivity index (χ1v) is 13.3. The predicted molar refractivity (Wildman–Crippen MR) is 140 cm³/mol. The number of aromatic nitrogens is 2. The lowest BCUT2D eigenvalue weighted by atomic mass is 9.67. The first-order valence-electron chi connectivity index (χ1n) is 12.6. The molecule has 1 saturated carbocycles. The summed E-state index contributed by atoms with van der Waals surface area (Å²) in [6, 6.07) is 14.0. The van der Waals surface area contributed by atoms with Gasteiger partial charge in [-0.3, -0.25) is 9.59 Å². The molecule has 9 heteroatoms. The third-order valence-electron chi connectivity index (χ3n) is 7.54. The Morgan fingerprint density at radius 3 is 2.51 bits per heavy atom. The van der Waals surface area contributed by atoms with Crippen LogP contribution in [-0.2, 0) is 9.59 Å². The van der Waals surface area contributed by atoms with E-state index in [1.54, 1.807) is 30.0 Å². The molecule has 194 valence electrons. The van der Waals surface area contributed by atoms with Gasteiger partial charge in [0, 0.05) is 21.9 Å². The molecule has 1 aliphatic carbocycles. The molecular weight excluding hydrogens is 513 g/mol. The van der Waals surface area contributed by atoms with Gasteiger partial charge in [-0.25, -0.2) is 0 Å². The van der Waals surface area contributed by atoms with Crippen molar-refractivity contribution in [3.63, 3.8) is 0 Å². The van der Waals surface area contributed by atoms with Crippen LogP contribution in [0.4, 0.5) is 0 Å². The van der Waals surface area contributed by atoms with Crippen molar-refractivity contribution in [1.29, 1.82) is 0 Å². The molecule has 0 radical (unpaired) electrons. The van der Waals surface area contributed by atoms with Gasteiger partial charge in [-0.1, -0.05) is 66.5 Å². The summed E-state index contributed by atoms with van der Waals surface area (Å²) in [5.41, 5.74) is 0.676. The Bertz CT molecular complexity index is 1310. The van der Waals surface area contributed by atoms with Crippen LogP contribution in [0.1, 0.15) is 92.7 Å². The Morgan fingerprint density at radius 1 is 1.16 bits per heavy atom. The zero-order chi connectivity index (χ0) is 26.3. The lowest BCUT2D eigenvalue weighted by Gasteiger charge is -2.51. The molecule has 0 bridgehead atoms. The largest absolute Gasteiger partial charge is 0.481 e. The summed E-state index contributed by atoms with van der Waals surface area (Å²) in [4.78, 5) is 32.8. The van der Waals surface area contributed by atoms with E-state index in [-0.39, 0.29) is 18.2 Å². The van der Waals surface area contributed by atoms with E-state index in [0.29, 0.717) is 40.5 Å². The zero-order valence-electron chi connectivity index (χ0n) is 20.7. The van der Waals surface area contributed by atoms with E-state index in [0.717, 1.165) is 24.0 Å². The second-order valence-corrected chi connectivity index (χ2v) is 11.3. The number of benzene rings is 2. The molecule has 1 aromatic heterocycles. The average Bonchev–Trinajstić information content (AvgIpc) is 3.60. The van der Waals surface area contributed by atoms with E-state index < -0.39 is 23.5 Å². The summed E-state index contributed by atoms with van der Waals surface area (Å²) in [5.74, 6) is -0.155. The SMILES string of the molecule is CC[C@@H](c1nc(C2CC2)no1)N1C(=O)[C@](C)(CC(=O)O)C[C@H](c2cccc(Cl)c2)[C@H]1c1ccc(Cl)cc1. The van der Waals surface area contributed by atoms with Crippen LogP contribution in [0.25, 0.3) is 0 Å². The molecule has 2 aliphatic rings. The fourth-order valence-corrected chi connectivity index (χ4v) is 5.93. The number of carbonyl (C=O) groups is 2. The van der Waals surface area contributed by atoms with Crippen LogP contribution < -0.4 is 0 Å². The number of nitrogens with zero attached hydrogens (tertiary/aromatic N) is 3. The minimum atomic E-state index is -1.14. The van der Waals surface area contributed by atoms with Crippen molar-refractivity contribution in [3.05, 3.63) is 81.4 Å². The lowest BCUT2D eigenvalue weighted by molar-refractivity contribution is -0.161. The molecule has 2 heterocycles. The van der Waals surface area contributed by atoms with Crippen molar-refractivity contribution in [2.75, 3.05) is 0 Å². The number of likely N-dealkylation sites (tertiary alicyclic amines) is 1. The summed E-state index contributed by atoms with van der Waals surface area (Å²) >= 11 is 12.6. The van der Waals surface area contributed by atoms with Gasteiger partial charge in [0.05, 0.1) is 17.9 Å². The topological polar surface area (TPSA) is 96.5 Å². The number of rotatable bonds is 8. The van der Waals surface area contributed by atoms with Crippen molar-refractivity contribution in [1.82, 2.24) is 15.0 Å². The van der Waals surface area contributed by atoms with E-state index in [2.05, 4.69) is 10.1 Å². The average molecular weight is 542 g/mol. The van der Waals surface area contributed by atoms with Crippen molar-refractivity contribution < 1.29 is 19.2 Å². The molecule has 1 aliphatic heterocycles. The number of halogens is 2. The van der Waals surface area contributed by atoms with Crippen LogP contribution in [0.2, 0.25) is 10.0 Å². The highest BCUT2D eigenvalue weighted by Crippen LogP contribution is 2.54. The molecule has 4 atom stereocenters. The van der Waals surface area contributed by atoms with Gasteiger partial charge in [0.25, 0.3) is 0 Å². The quantitative estimate of drug-likeness (QED) is 0.331. The molecule has 2 aromatic carbocycles. The highest BCUT2D eigenvalue weighted by Gasteiger charge is 2.53. The van der Waals surface area contributed by atoms with Gasteiger partial charge in [0.2, 0.25) is 11.8 Å². The van der Waals surface area contributed by atoms with Crippen LogP contribution >= 0.6 is 23.2 Å². The van der Waals surface area contributed by atoms with Crippen molar-refractivity contribution in [3.8, 4) is 0 Å². The first-order chi connectivity index (χ1) is 17.7. The van der Waals surface area contributed by atoms with Gasteiger partial charge in [0.1, 0.15) is 6.04 Å². The van der Waals surface area contributed by atoms with E-state index in [9.17, 15) is 14.7 Å². The summed E-state index contributed by atoms with van der Waals surface area (Å²) in [7, 11) is 0. The van der Waals surface area contributed by atoms with Gasteiger partial charge < -0.3 is 14.5 Å². The summed E-state index contributed by atoms with van der Waals surface area (Å²) in [5, 5.41) is 15.1. The number of piperidine rings is 1. The van der Waals surface area contributed by atoms with Crippen LogP contribution in [0.15, 0.2) is 53.1 Å². The number of carboxylic acid groups (broad SMARTS) is 1. The number of amides is 1. The Balaban J connectivity index is 1.68. The minimum absolute atomic E-state index is 0.234. The van der Waals surface area contributed by atoms with E-state index in [1.807, 2.05) is 37.3 Å². The minimum Gasteiger partial charge on any atom is -0.481 e. The normalized spacial score (nSPS) is 24.8. The Kier molecular flexibility index (Phi) is 7.03. The molecule has 5 rings (SSSR count). The second-order valence-electron chi connectivity index (χ2n) is 10.4. The maximum atomic E-state index is 14.3. The van der Waals surface area contributed by atoms with E-state index in [1.165, 1.54) is 0 Å². The predicted octanol–water partition coefficient (Wildman–Crippen LogP) is 6.94. The summed E-state index contributed by atoms with van der Waals surface area (Å²) in [6.45, 7) is 3.71. The van der Waals surface area contributed by atoms with Crippen LogP contribution in [0.3, 0.4) is 0 Å². The Hall–Kier alpha value is -2.90. The maximum absolute atomic E-state index is 14.3. The number of hydrogen-bond acceptors (Lipinski definition) is 5. The molecule has 7 nitrogen and oxygen atoms in total. The molecular formula is C28H29Cl2N3O4. The fourth-order valence-electron chi connectivity index (χ4n) is 5.60. The molecule has 1 saturated heterocycles. The highest BCUT2D eigenvalue weighted by molar-refractivity contribution is 6.30. The van der Waals surface area contributed by atoms with E-state index >= 15 is 0 Å². The number of carboxylic acids is 1. The standard InChI is InChI=1S/C28H29Cl2N3O4/c1-3-22(26-31-25(32-37-26)17-7-8-17)33-24(16-9-11-19(29)12-10-16)21(18-5-4-6-20(30)13-18)14-28(2,27(33)36)15-23(34)35/h4-6,9-13,17,21-22,24H,3,7-8,14-15H2,1-2H3,(H,34,35)/t21-,22+,24-,28+/m1/s1. The summed E-state index contributed by atoms with van der Waals surface area (Å²) < 4.78 is 5.72. The molecule has 1 N–H and O–H groups in total. The fraction of sp³-hybridized carbons (Fsp3) is 0.429. The summed E-state index contributed by atoms with van der Waals surface area (Å²) in [6.07, 6.45) is 2.63. The zero-order valence-corrected chi connectivity index (χ0v) is 22.2.